The van der Waals surface area contributed by atoms with Crippen LogP contribution in [-0.2, 0) is 0 Å². The van der Waals surface area contributed by atoms with Crippen LogP contribution in [0.2, 0.25) is 0 Å². The third-order valence-electron chi connectivity index (χ3n) is 2.21. The summed E-state index contributed by atoms with van der Waals surface area (Å²) in [6.07, 6.45) is 0. The van der Waals surface area contributed by atoms with Crippen LogP contribution >= 0.6 is 12.2 Å². The molecule has 0 atom stereocenters. The zero-order valence-electron chi connectivity index (χ0n) is 9.01. The van der Waals surface area contributed by atoms with E-state index < -0.39 is 0 Å². The highest BCUT2D eigenvalue weighted by molar-refractivity contribution is 7.80. The van der Waals surface area contributed by atoms with Gasteiger partial charge in [0.25, 0.3) is 5.91 Å². The van der Waals surface area contributed by atoms with Crippen LogP contribution in [0.25, 0.3) is 0 Å². The summed E-state index contributed by atoms with van der Waals surface area (Å²) >= 11 is 4.67. The number of furan rings is 1. The molecule has 0 aliphatic rings. The van der Waals surface area contributed by atoms with Gasteiger partial charge in [-0.1, -0.05) is 12.2 Å². The largest absolute Gasteiger partial charge is 0.466 e. The van der Waals surface area contributed by atoms with Gasteiger partial charge in [0.15, 0.2) is 0 Å². The van der Waals surface area contributed by atoms with Gasteiger partial charge in [0.05, 0.1) is 17.1 Å². The molecule has 1 amide bonds. The Balaban J connectivity index is 2.86. The van der Waals surface area contributed by atoms with E-state index in [4.69, 9.17) is 10.2 Å². The lowest BCUT2D eigenvalue weighted by molar-refractivity contribution is 0.0957. The Labute approximate surface area is 93.8 Å². The second-order valence-electron chi connectivity index (χ2n) is 3.36. The van der Waals surface area contributed by atoms with Crippen LogP contribution in [0.4, 0.5) is 0 Å². The SMILES string of the molecule is Cc1oc(C)c(C(=O)NCC(N)=S)c1C. The van der Waals surface area contributed by atoms with Crippen molar-refractivity contribution in [1.82, 2.24) is 5.32 Å². The van der Waals surface area contributed by atoms with Crippen LogP contribution in [0.1, 0.15) is 27.4 Å². The third-order valence-corrected chi connectivity index (χ3v) is 2.36. The molecule has 1 aromatic rings. The minimum Gasteiger partial charge on any atom is -0.466 e. The van der Waals surface area contributed by atoms with Gasteiger partial charge in [-0.15, -0.1) is 0 Å². The third kappa shape index (κ3) is 2.56. The van der Waals surface area contributed by atoms with Gasteiger partial charge in [-0.25, -0.2) is 0 Å². The van der Waals surface area contributed by atoms with E-state index in [1.54, 1.807) is 6.92 Å². The fourth-order valence-electron chi connectivity index (χ4n) is 1.38. The van der Waals surface area contributed by atoms with Crippen molar-refractivity contribution in [2.45, 2.75) is 20.8 Å². The van der Waals surface area contributed by atoms with Gasteiger partial charge in [0.1, 0.15) is 11.5 Å². The molecule has 1 aromatic heterocycles. The van der Waals surface area contributed by atoms with Crippen molar-refractivity contribution in [2.75, 3.05) is 6.54 Å². The normalized spacial score (nSPS) is 10.1. The van der Waals surface area contributed by atoms with Crippen LogP contribution in [0.15, 0.2) is 4.42 Å². The summed E-state index contributed by atoms with van der Waals surface area (Å²) in [6, 6.07) is 0. The molecular formula is C10H14N2O2S. The molecule has 15 heavy (non-hydrogen) atoms. The van der Waals surface area contributed by atoms with Crippen LogP contribution < -0.4 is 11.1 Å². The van der Waals surface area contributed by atoms with Crippen molar-refractivity contribution in [3.63, 3.8) is 0 Å². The first-order valence-corrected chi connectivity index (χ1v) is 4.97. The minimum absolute atomic E-state index is 0.199. The molecule has 0 aromatic carbocycles. The molecular weight excluding hydrogens is 212 g/mol. The Bertz CT molecular complexity index is 410. The fourth-order valence-corrected chi connectivity index (χ4v) is 1.46. The summed E-state index contributed by atoms with van der Waals surface area (Å²) in [5.41, 5.74) is 6.72. The summed E-state index contributed by atoms with van der Waals surface area (Å²) in [5, 5.41) is 2.63. The van der Waals surface area contributed by atoms with Crippen molar-refractivity contribution in [2.24, 2.45) is 5.73 Å². The average molecular weight is 226 g/mol. The lowest BCUT2D eigenvalue weighted by Gasteiger charge is -2.03. The maximum Gasteiger partial charge on any atom is 0.255 e. The van der Waals surface area contributed by atoms with Gasteiger partial charge in [-0.3, -0.25) is 4.79 Å². The predicted molar refractivity (Wildman–Crippen MR) is 62.0 cm³/mol. The molecule has 0 saturated heterocycles. The average Bonchev–Trinajstić information content (AvgIpc) is 2.37. The second kappa shape index (κ2) is 4.44. The van der Waals surface area contributed by atoms with Gasteiger partial charge in [-0.05, 0) is 20.8 Å². The van der Waals surface area contributed by atoms with Crippen molar-refractivity contribution < 1.29 is 9.21 Å². The zero-order valence-corrected chi connectivity index (χ0v) is 9.83. The molecule has 82 valence electrons. The van der Waals surface area contributed by atoms with Crippen LogP contribution in [0.5, 0.6) is 0 Å². The Morgan fingerprint density at radius 2 is 2.00 bits per heavy atom. The first-order valence-electron chi connectivity index (χ1n) is 4.56. The quantitative estimate of drug-likeness (QED) is 0.760. The second-order valence-corrected chi connectivity index (χ2v) is 3.89. The highest BCUT2D eigenvalue weighted by Crippen LogP contribution is 2.20. The molecule has 0 fully saturated rings. The highest BCUT2D eigenvalue weighted by atomic mass is 32.1. The molecule has 3 N–H and O–H groups in total. The smallest absolute Gasteiger partial charge is 0.255 e. The molecule has 4 nitrogen and oxygen atoms in total. The minimum atomic E-state index is -0.199. The molecule has 0 unspecified atom stereocenters. The number of aryl methyl sites for hydroxylation is 2. The first kappa shape index (κ1) is 11.7. The van der Waals surface area contributed by atoms with E-state index in [2.05, 4.69) is 17.5 Å². The molecule has 0 bridgehead atoms. The van der Waals surface area contributed by atoms with E-state index >= 15 is 0 Å². The van der Waals surface area contributed by atoms with Crippen LogP contribution in [-0.4, -0.2) is 17.4 Å². The summed E-state index contributed by atoms with van der Waals surface area (Å²) in [4.78, 5) is 12.0. The van der Waals surface area contributed by atoms with Crippen molar-refractivity contribution in [1.29, 1.82) is 0 Å². The molecule has 1 rings (SSSR count). The molecule has 1 heterocycles. The lowest BCUT2D eigenvalue weighted by Crippen LogP contribution is -2.32. The number of hydrogen-bond donors (Lipinski definition) is 2. The Morgan fingerprint density at radius 3 is 2.40 bits per heavy atom. The number of nitrogens with two attached hydrogens (primary N) is 1. The molecule has 0 aliphatic heterocycles. The van der Waals surface area contributed by atoms with Gasteiger partial charge < -0.3 is 15.5 Å². The van der Waals surface area contributed by atoms with E-state index in [1.165, 1.54) is 0 Å². The van der Waals surface area contributed by atoms with E-state index in [0.717, 1.165) is 11.3 Å². The lowest BCUT2D eigenvalue weighted by atomic mass is 10.1. The van der Waals surface area contributed by atoms with Crippen molar-refractivity contribution in [3.05, 3.63) is 22.6 Å². The van der Waals surface area contributed by atoms with Gasteiger partial charge in [-0.2, -0.15) is 0 Å². The number of amides is 1. The molecule has 5 heteroatoms. The Kier molecular flexibility index (Phi) is 3.47. The van der Waals surface area contributed by atoms with Crippen molar-refractivity contribution >= 4 is 23.1 Å². The summed E-state index contributed by atoms with van der Waals surface area (Å²) < 4.78 is 5.35. The van der Waals surface area contributed by atoms with Crippen molar-refractivity contribution in [3.8, 4) is 0 Å². The summed E-state index contributed by atoms with van der Waals surface area (Å²) in [5.74, 6) is 1.17. The Hall–Kier alpha value is -1.36. The molecule has 0 aliphatic carbocycles. The maximum atomic E-state index is 11.7. The van der Waals surface area contributed by atoms with Gasteiger partial charge >= 0.3 is 0 Å². The van der Waals surface area contributed by atoms with Gasteiger partial charge in [0.2, 0.25) is 0 Å². The summed E-state index contributed by atoms with van der Waals surface area (Å²) in [6.45, 7) is 5.64. The van der Waals surface area contributed by atoms with Crippen LogP contribution in [0, 0.1) is 20.8 Å². The van der Waals surface area contributed by atoms with E-state index in [1.807, 2.05) is 13.8 Å². The summed E-state index contributed by atoms with van der Waals surface area (Å²) in [7, 11) is 0. The number of carbonyl (C=O) groups excluding carboxylic acids is 1. The molecule has 0 spiro atoms. The fraction of sp³-hybridized carbons (Fsp3) is 0.400. The topological polar surface area (TPSA) is 68.3 Å². The van der Waals surface area contributed by atoms with E-state index in [-0.39, 0.29) is 17.4 Å². The molecule has 0 saturated carbocycles. The first-order chi connectivity index (χ1) is 6.93. The number of thiocarbonyl (C=S) groups is 1. The van der Waals surface area contributed by atoms with E-state index in [9.17, 15) is 4.79 Å². The molecule has 0 radical (unpaired) electrons. The number of hydrogen-bond acceptors (Lipinski definition) is 3. The number of rotatable bonds is 3. The Morgan fingerprint density at radius 1 is 1.40 bits per heavy atom. The monoisotopic (exact) mass is 226 g/mol. The standard InChI is InChI=1S/C10H14N2O2S/c1-5-6(2)14-7(3)9(5)10(13)12-4-8(11)15/h4H2,1-3H3,(H2,11,15)(H,12,13). The highest BCUT2D eigenvalue weighted by Gasteiger charge is 2.17. The number of nitrogens with one attached hydrogen (secondary N) is 1. The zero-order chi connectivity index (χ0) is 11.6. The number of carbonyl (C=O) groups is 1. The van der Waals surface area contributed by atoms with E-state index in [0.29, 0.717) is 11.3 Å². The van der Waals surface area contributed by atoms with Gasteiger partial charge in [0, 0.05) is 5.56 Å². The maximum absolute atomic E-state index is 11.7. The van der Waals surface area contributed by atoms with Crippen LogP contribution in [0.3, 0.4) is 0 Å². The predicted octanol–water partition coefficient (Wildman–Crippen LogP) is 1.22.